The SMILES string of the molecule is CCC(C)(C)n1nnnc1[C@@H](c1ccc(N(C)C)cc1)N1CCN(c2nc3ccccc3s2)CC1. The third kappa shape index (κ3) is 4.62. The van der Waals surface area contributed by atoms with Gasteiger partial charge in [-0.1, -0.05) is 42.5 Å². The number of benzene rings is 2. The lowest BCUT2D eigenvalue weighted by Gasteiger charge is -2.39. The van der Waals surface area contributed by atoms with Gasteiger partial charge in [-0.25, -0.2) is 9.67 Å². The molecule has 184 valence electrons. The molecule has 0 aliphatic carbocycles. The molecule has 0 N–H and O–H groups in total. The number of tetrazole rings is 1. The van der Waals surface area contributed by atoms with E-state index in [0.717, 1.165) is 49.1 Å². The van der Waals surface area contributed by atoms with Crippen molar-refractivity contribution in [3.63, 3.8) is 0 Å². The van der Waals surface area contributed by atoms with Crippen LogP contribution in [-0.2, 0) is 5.54 Å². The number of hydrogen-bond acceptors (Lipinski definition) is 8. The summed E-state index contributed by atoms with van der Waals surface area (Å²) in [6.07, 6.45) is 0.947. The Balaban J connectivity index is 1.44. The van der Waals surface area contributed by atoms with Crippen LogP contribution in [0.4, 0.5) is 10.8 Å². The standard InChI is InChI=1S/C26H34N8S/c1-6-26(2,3)34-24(28-29-30-34)23(19-11-13-20(14-12-19)31(4)5)32-15-17-33(18-16-32)25-27-21-9-7-8-10-22(21)35-25/h7-14,23H,6,15-18H2,1-5H3/t23-/m1/s1. The monoisotopic (exact) mass is 490 g/mol. The summed E-state index contributed by atoms with van der Waals surface area (Å²) in [6.45, 7) is 10.2. The van der Waals surface area contributed by atoms with Crippen LogP contribution in [-0.4, -0.2) is 70.4 Å². The van der Waals surface area contributed by atoms with E-state index in [1.807, 2.05) is 4.68 Å². The molecule has 0 spiro atoms. The smallest absolute Gasteiger partial charge is 0.186 e. The first kappa shape index (κ1) is 23.7. The van der Waals surface area contributed by atoms with E-state index in [-0.39, 0.29) is 11.6 Å². The van der Waals surface area contributed by atoms with E-state index in [1.165, 1.54) is 16.0 Å². The molecule has 1 aliphatic heterocycles. The lowest BCUT2D eigenvalue weighted by molar-refractivity contribution is 0.187. The first-order valence-corrected chi connectivity index (χ1v) is 13.1. The minimum Gasteiger partial charge on any atom is -0.378 e. The molecule has 2 aromatic carbocycles. The summed E-state index contributed by atoms with van der Waals surface area (Å²) < 4.78 is 3.27. The molecule has 0 saturated carbocycles. The lowest BCUT2D eigenvalue weighted by atomic mass is 9.99. The highest BCUT2D eigenvalue weighted by molar-refractivity contribution is 7.22. The maximum atomic E-state index is 4.88. The van der Waals surface area contributed by atoms with Crippen molar-refractivity contribution >= 4 is 32.4 Å². The van der Waals surface area contributed by atoms with Crippen molar-refractivity contribution in [2.45, 2.75) is 38.8 Å². The van der Waals surface area contributed by atoms with E-state index in [2.05, 4.69) is 114 Å². The van der Waals surface area contributed by atoms with Gasteiger partial charge < -0.3 is 9.80 Å². The summed E-state index contributed by atoms with van der Waals surface area (Å²) in [7, 11) is 4.14. The van der Waals surface area contributed by atoms with E-state index >= 15 is 0 Å². The second-order valence-electron chi connectivity index (χ2n) is 9.99. The third-order valence-corrected chi connectivity index (χ3v) is 8.23. The molecule has 1 aliphatic rings. The number of hydrogen-bond donors (Lipinski definition) is 0. The Labute approximate surface area is 211 Å². The zero-order valence-corrected chi connectivity index (χ0v) is 22.0. The maximum Gasteiger partial charge on any atom is 0.186 e. The molecule has 0 radical (unpaired) electrons. The lowest BCUT2D eigenvalue weighted by Crippen LogP contribution is -2.48. The van der Waals surface area contributed by atoms with Crippen molar-refractivity contribution in [3.8, 4) is 0 Å². The summed E-state index contributed by atoms with van der Waals surface area (Å²) in [5.41, 5.74) is 3.31. The van der Waals surface area contributed by atoms with Gasteiger partial charge in [0.25, 0.3) is 0 Å². The van der Waals surface area contributed by atoms with Crippen molar-refractivity contribution in [2.24, 2.45) is 0 Å². The Morgan fingerprint density at radius 3 is 2.37 bits per heavy atom. The van der Waals surface area contributed by atoms with Crippen LogP contribution in [0.1, 0.15) is 44.6 Å². The predicted octanol–water partition coefficient (Wildman–Crippen LogP) is 4.41. The van der Waals surface area contributed by atoms with Crippen LogP contribution < -0.4 is 9.80 Å². The predicted molar refractivity (Wildman–Crippen MR) is 143 cm³/mol. The molecule has 1 atom stereocenters. The Kier molecular flexibility index (Phi) is 6.46. The Morgan fingerprint density at radius 2 is 1.71 bits per heavy atom. The summed E-state index contributed by atoms with van der Waals surface area (Å²) in [4.78, 5) is 11.9. The molecule has 9 heteroatoms. The Hall–Kier alpha value is -3.04. The van der Waals surface area contributed by atoms with Crippen LogP contribution in [0.5, 0.6) is 0 Å². The minimum absolute atomic E-state index is 0.00967. The van der Waals surface area contributed by atoms with Crippen LogP contribution in [0, 0.1) is 0 Å². The Bertz CT molecular complexity index is 1240. The number of thiazole rings is 1. The van der Waals surface area contributed by atoms with Gasteiger partial charge in [-0.3, -0.25) is 4.90 Å². The summed E-state index contributed by atoms with van der Waals surface area (Å²) in [5.74, 6) is 0.905. The molecular formula is C26H34N8S. The largest absolute Gasteiger partial charge is 0.378 e. The molecule has 35 heavy (non-hydrogen) atoms. The first-order chi connectivity index (χ1) is 16.9. The highest BCUT2D eigenvalue weighted by atomic mass is 32.1. The number of anilines is 2. The molecule has 8 nitrogen and oxygen atoms in total. The fourth-order valence-corrected chi connectivity index (χ4v) is 5.61. The molecule has 1 saturated heterocycles. The Morgan fingerprint density at radius 1 is 1.00 bits per heavy atom. The molecule has 5 rings (SSSR count). The van der Waals surface area contributed by atoms with Gasteiger partial charge in [-0.2, -0.15) is 0 Å². The molecule has 3 heterocycles. The second kappa shape index (κ2) is 9.54. The normalized spacial score (nSPS) is 16.1. The number of piperazine rings is 1. The van der Waals surface area contributed by atoms with Crippen molar-refractivity contribution in [2.75, 3.05) is 50.1 Å². The average Bonchev–Trinajstić information content (AvgIpc) is 3.53. The van der Waals surface area contributed by atoms with Crippen molar-refractivity contribution in [1.29, 1.82) is 0 Å². The number of fused-ring (bicyclic) bond motifs is 1. The van der Waals surface area contributed by atoms with Gasteiger partial charge in [0.05, 0.1) is 21.8 Å². The number of nitrogens with zero attached hydrogens (tertiary/aromatic N) is 8. The van der Waals surface area contributed by atoms with Gasteiger partial charge >= 0.3 is 0 Å². The van der Waals surface area contributed by atoms with Crippen LogP contribution in [0.2, 0.25) is 0 Å². The van der Waals surface area contributed by atoms with E-state index in [4.69, 9.17) is 4.98 Å². The maximum absolute atomic E-state index is 4.88. The zero-order valence-electron chi connectivity index (χ0n) is 21.2. The number of rotatable bonds is 7. The van der Waals surface area contributed by atoms with Crippen LogP contribution in [0.15, 0.2) is 48.5 Å². The van der Waals surface area contributed by atoms with E-state index < -0.39 is 0 Å². The molecule has 0 bridgehead atoms. The van der Waals surface area contributed by atoms with Gasteiger partial charge in [0, 0.05) is 46.0 Å². The van der Waals surface area contributed by atoms with Gasteiger partial charge in [0.15, 0.2) is 11.0 Å². The van der Waals surface area contributed by atoms with Gasteiger partial charge in [0.1, 0.15) is 0 Å². The van der Waals surface area contributed by atoms with Gasteiger partial charge in [0.2, 0.25) is 0 Å². The average molecular weight is 491 g/mol. The van der Waals surface area contributed by atoms with E-state index in [1.54, 1.807) is 11.3 Å². The summed E-state index contributed by atoms with van der Waals surface area (Å²) >= 11 is 1.78. The number of para-hydroxylation sites is 1. The topological polar surface area (TPSA) is 66.2 Å². The highest BCUT2D eigenvalue weighted by Gasteiger charge is 2.34. The highest BCUT2D eigenvalue weighted by Crippen LogP contribution is 2.34. The minimum atomic E-state index is -0.163. The van der Waals surface area contributed by atoms with Gasteiger partial charge in [-0.05, 0) is 60.5 Å². The molecule has 2 aromatic heterocycles. The summed E-state index contributed by atoms with van der Waals surface area (Å²) in [5, 5.41) is 14.2. The molecule has 0 unspecified atom stereocenters. The first-order valence-electron chi connectivity index (χ1n) is 12.3. The van der Waals surface area contributed by atoms with Crippen LogP contribution >= 0.6 is 11.3 Å². The van der Waals surface area contributed by atoms with Crippen molar-refractivity contribution in [1.82, 2.24) is 30.1 Å². The van der Waals surface area contributed by atoms with Gasteiger partial charge in [-0.15, -0.1) is 5.10 Å². The quantitative estimate of drug-likeness (QED) is 0.380. The van der Waals surface area contributed by atoms with E-state index in [0.29, 0.717) is 0 Å². The van der Waals surface area contributed by atoms with E-state index in [9.17, 15) is 0 Å². The second-order valence-corrected chi connectivity index (χ2v) is 11.0. The van der Waals surface area contributed by atoms with Crippen molar-refractivity contribution < 1.29 is 0 Å². The fourth-order valence-electron chi connectivity index (χ4n) is 4.59. The molecular weight excluding hydrogens is 456 g/mol. The summed E-state index contributed by atoms with van der Waals surface area (Å²) in [6, 6.07) is 17.2. The molecule has 1 fully saturated rings. The molecule has 0 amide bonds. The van der Waals surface area contributed by atoms with Crippen molar-refractivity contribution in [3.05, 3.63) is 59.9 Å². The fraction of sp³-hybridized carbons (Fsp3) is 0.462. The van der Waals surface area contributed by atoms with Crippen LogP contribution in [0.3, 0.4) is 0 Å². The van der Waals surface area contributed by atoms with Crippen LogP contribution in [0.25, 0.3) is 10.2 Å². The zero-order chi connectivity index (χ0) is 24.6. The molecule has 4 aromatic rings. The number of aromatic nitrogens is 5. The third-order valence-electron chi connectivity index (χ3n) is 7.13.